The van der Waals surface area contributed by atoms with Crippen LogP contribution in [0.3, 0.4) is 0 Å². The Hall–Kier alpha value is -1.41. The maximum Gasteiger partial charge on any atom is 0.234 e. The van der Waals surface area contributed by atoms with Crippen LogP contribution in [0.2, 0.25) is 0 Å². The maximum absolute atomic E-state index is 11.8. The first-order valence-electron chi connectivity index (χ1n) is 6.16. The molecule has 5 nitrogen and oxygen atoms in total. The van der Waals surface area contributed by atoms with Gasteiger partial charge in [-0.15, -0.1) is 0 Å². The maximum atomic E-state index is 11.8. The van der Waals surface area contributed by atoms with Gasteiger partial charge in [0.2, 0.25) is 5.91 Å². The molecule has 18 heavy (non-hydrogen) atoms. The van der Waals surface area contributed by atoms with E-state index in [1.54, 1.807) is 11.9 Å². The molecular formula is C13H23N3O2. The highest BCUT2D eigenvalue weighted by Crippen LogP contribution is 2.04. The summed E-state index contributed by atoms with van der Waals surface area (Å²) in [7, 11) is 1.79. The standard InChI is InChI=1S/C13H23N3O2/c1-9(2)13(11(4)17)15-12(18)8-16(5)10(3)6-7-14/h9-10,13H,6,8H2,1-5H3,(H,15,18). The molecule has 5 heteroatoms. The fourth-order valence-electron chi connectivity index (χ4n) is 1.63. The Morgan fingerprint density at radius 1 is 1.33 bits per heavy atom. The van der Waals surface area contributed by atoms with Gasteiger partial charge in [-0.1, -0.05) is 13.8 Å². The number of rotatable bonds is 7. The molecule has 0 heterocycles. The minimum atomic E-state index is -0.433. The normalized spacial score (nSPS) is 14.1. The van der Waals surface area contributed by atoms with Gasteiger partial charge in [-0.25, -0.2) is 0 Å². The minimum Gasteiger partial charge on any atom is -0.345 e. The molecule has 0 aromatic carbocycles. The van der Waals surface area contributed by atoms with Crippen LogP contribution < -0.4 is 5.32 Å². The lowest BCUT2D eigenvalue weighted by atomic mass is 10.0. The molecule has 0 aliphatic rings. The predicted molar refractivity (Wildman–Crippen MR) is 69.8 cm³/mol. The van der Waals surface area contributed by atoms with Crippen molar-refractivity contribution < 1.29 is 9.59 Å². The van der Waals surface area contributed by atoms with E-state index < -0.39 is 6.04 Å². The topological polar surface area (TPSA) is 73.2 Å². The molecule has 0 aliphatic carbocycles. The van der Waals surface area contributed by atoms with Gasteiger partial charge >= 0.3 is 0 Å². The van der Waals surface area contributed by atoms with Crippen LogP contribution in [0.25, 0.3) is 0 Å². The number of nitrogens with zero attached hydrogens (tertiary/aromatic N) is 2. The number of hydrogen-bond donors (Lipinski definition) is 1. The van der Waals surface area contributed by atoms with Crippen molar-refractivity contribution in [3.63, 3.8) is 0 Å². The Kier molecular flexibility index (Phi) is 7.21. The monoisotopic (exact) mass is 253 g/mol. The number of amides is 1. The summed E-state index contributed by atoms with van der Waals surface area (Å²) in [6.45, 7) is 7.36. The van der Waals surface area contributed by atoms with Crippen molar-refractivity contribution in [2.45, 2.75) is 46.2 Å². The molecule has 1 N–H and O–H groups in total. The summed E-state index contributed by atoms with van der Waals surface area (Å²) in [5.41, 5.74) is 0. The molecule has 0 aromatic heterocycles. The number of nitrogens with one attached hydrogen (secondary N) is 1. The van der Waals surface area contributed by atoms with Crippen molar-refractivity contribution in [3.8, 4) is 6.07 Å². The summed E-state index contributed by atoms with van der Waals surface area (Å²) in [5.74, 6) is -0.143. The average Bonchev–Trinajstić information content (AvgIpc) is 2.25. The lowest BCUT2D eigenvalue weighted by molar-refractivity contribution is -0.128. The van der Waals surface area contributed by atoms with Gasteiger partial charge < -0.3 is 5.32 Å². The molecular weight excluding hydrogens is 230 g/mol. The van der Waals surface area contributed by atoms with Gasteiger partial charge in [-0.2, -0.15) is 5.26 Å². The van der Waals surface area contributed by atoms with Crippen molar-refractivity contribution in [2.75, 3.05) is 13.6 Å². The van der Waals surface area contributed by atoms with E-state index in [9.17, 15) is 9.59 Å². The molecule has 0 spiro atoms. The SMILES string of the molecule is CC(=O)C(NC(=O)CN(C)C(C)CC#N)C(C)C. The van der Waals surface area contributed by atoms with Crippen LogP contribution in [0.1, 0.15) is 34.1 Å². The highest BCUT2D eigenvalue weighted by molar-refractivity contribution is 5.88. The molecule has 0 saturated carbocycles. The number of nitriles is 1. The van der Waals surface area contributed by atoms with Gasteiger partial charge in [0.05, 0.1) is 25.1 Å². The van der Waals surface area contributed by atoms with E-state index >= 15 is 0 Å². The Morgan fingerprint density at radius 2 is 1.89 bits per heavy atom. The molecule has 2 unspecified atom stereocenters. The first-order chi connectivity index (χ1) is 8.29. The van der Waals surface area contributed by atoms with Crippen LogP contribution in [0.4, 0.5) is 0 Å². The van der Waals surface area contributed by atoms with E-state index in [1.807, 2.05) is 20.8 Å². The highest BCUT2D eigenvalue weighted by Gasteiger charge is 2.21. The van der Waals surface area contributed by atoms with Crippen LogP contribution in [0, 0.1) is 17.2 Å². The van der Waals surface area contributed by atoms with Crippen molar-refractivity contribution >= 4 is 11.7 Å². The van der Waals surface area contributed by atoms with Crippen molar-refractivity contribution in [2.24, 2.45) is 5.92 Å². The van der Waals surface area contributed by atoms with Crippen LogP contribution in [-0.4, -0.2) is 42.3 Å². The third-order valence-electron chi connectivity index (χ3n) is 2.95. The van der Waals surface area contributed by atoms with Gasteiger partial charge in [0.25, 0.3) is 0 Å². The first kappa shape index (κ1) is 16.6. The number of Topliss-reactive ketones (excluding diaryl/α,β-unsaturated/α-hetero) is 1. The van der Waals surface area contributed by atoms with E-state index in [2.05, 4.69) is 11.4 Å². The average molecular weight is 253 g/mol. The zero-order chi connectivity index (χ0) is 14.3. The van der Waals surface area contributed by atoms with Crippen molar-refractivity contribution in [1.82, 2.24) is 10.2 Å². The van der Waals surface area contributed by atoms with Gasteiger partial charge in [-0.05, 0) is 26.8 Å². The molecule has 0 aliphatic heterocycles. The Balaban J connectivity index is 4.33. The van der Waals surface area contributed by atoms with Crippen LogP contribution in [-0.2, 0) is 9.59 Å². The lowest BCUT2D eigenvalue weighted by Crippen LogP contribution is -2.48. The number of likely N-dealkylation sites (N-methyl/N-ethyl adjacent to an activating group) is 1. The van der Waals surface area contributed by atoms with E-state index in [0.29, 0.717) is 6.42 Å². The van der Waals surface area contributed by atoms with Crippen LogP contribution >= 0.6 is 0 Å². The molecule has 0 fully saturated rings. The predicted octanol–water partition coefficient (Wildman–Crippen LogP) is 0.950. The zero-order valence-corrected chi connectivity index (χ0v) is 11.9. The first-order valence-corrected chi connectivity index (χ1v) is 6.16. The van der Waals surface area contributed by atoms with Gasteiger partial charge in [0.15, 0.2) is 5.78 Å². The molecule has 0 rings (SSSR count). The third kappa shape index (κ3) is 5.78. The molecule has 2 atom stereocenters. The van der Waals surface area contributed by atoms with E-state index in [1.165, 1.54) is 6.92 Å². The second kappa shape index (κ2) is 7.83. The number of ketones is 1. The third-order valence-corrected chi connectivity index (χ3v) is 2.95. The van der Waals surface area contributed by atoms with Crippen molar-refractivity contribution in [1.29, 1.82) is 5.26 Å². The smallest absolute Gasteiger partial charge is 0.234 e. The zero-order valence-electron chi connectivity index (χ0n) is 11.9. The summed E-state index contributed by atoms with van der Waals surface area (Å²) in [6.07, 6.45) is 0.379. The Morgan fingerprint density at radius 3 is 2.28 bits per heavy atom. The molecule has 0 aromatic rings. The van der Waals surface area contributed by atoms with Crippen molar-refractivity contribution in [3.05, 3.63) is 0 Å². The molecule has 0 radical (unpaired) electrons. The van der Waals surface area contributed by atoms with Gasteiger partial charge in [0.1, 0.15) is 0 Å². The van der Waals surface area contributed by atoms with E-state index in [-0.39, 0.29) is 30.2 Å². The van der Waals surface area contributed by atoms with Crippen LogP contribution in [0.15, 0.2) is 0 Å². The summed E-state index contributed by atoms with van der Waals surface area (Å²) in [5, 5.41) is 11.3. The highest BCUT2D eigenvalue weighted by atomic mass is 16.2. The molecule has 0 bridgehead atoms. The Labute approximate surface area is 109 Å². The molecule has 1 amide bonds. The fraction of sp³-hybridized carbons (Fsp3) is 0.769. The lowest BCUT2D eigenvalue weighted by Gasteiger charge is -2.24. The second-order valence-electron chi connectivity index (χ2n) is 5.03. The van der Waals surface area contributed by atoms with Crippen LogP contribution in [0.5, 0.6) is 0 Å². The molecule has 0 saturated heterocycles. The number of hydrogen-bond acceptors (Lipinski definition) is 4. The van der Waals surface area contributed by atoms with E-state index in [0.717, 1.165) is 0 Å². The second-order valence-corrected chi connectivity index (χ2v) is 5.03. The summed E-state index contributed by atoms with van der Waals surface area (Å²) >= 11 is 0. The Bertz CT molecular complexity index is 334. The number of carbonyl (C=O) groups is 2. The summed E-state index contributed by atoms with van der Waals surface area (Å²) in [4.78, 5) is 25.0. The summed E-state index contributed by atoms with van der Waals surface area (Å²) in [6, 6.07) is 1.66. The minimum absolute atomic E-state index is 0.0237. The molecule has 102 valence electrons. The quantitative estimate of drug-likeness (QED) is 0.733. The van der Waals surface area contributed by atoms with Gasteiger partial charge in [-0.3, -0.25) is 14.5 Å². The van der Waals surface area contributed by atoms with Gasteiger partial charge in [0, 0.05) is 6.04 Å². The largest absolute Gasteiger partial charge is 0.345 e. The fourth-order valence-corrected chi connectivity index (χ4v) is 1.63. The summed E-state index contributed by atoms with van der Waals surface area (Å²) < 4.78 is 0. The van der Waals surface area contributed by atoms with E-state index in [4.69, 9.17) is 5.26 Å². The number of carbonyl (C=O) groups excluding carboxylic acids is 2.